The summed E-state index contributed by atoms with van der Waals surface area (Å²) in [6, 6.07) is 0. The highest BCUT2D eigenvalue weighted by Crippen LogP contribution is 2.09. The quantitative estimate of drug-likeness (QED) is 0.636. The summed E-state index contributed by atoms with van der Waals surface area (Å²) in [5.41, 5.74) is 0. The zero-order valence-electron chi connectivity index (χ0n) is 10.6. The molecule has 0 aromatic heterocycles. The van der Waals surface area contributed by atoms with E-state index in [9.17, 15) is 4.79 Å². The number of hydrogen-bond acceptors (Lipinski definition) is 1. The number of carbonyl (C=O) groups is 1. The van der Waals surface area contributed by atoms with Gasteiger partial charge in [-0.25, -0.2) is 0 Å². The molecule has 1 saturated heterocycles. The molecule has 0 aliphatic carbocycles. The van der Waals surface area contributed by atoms with Crippen LogP contribution in [0.3, 0.4) is 0 Å². The van der Waals surface area contributed by atoms with Crippen LogP contribution in [0.15, 0.2) is 0 Å². The maximum absolute atomic E-state index is 11.2. The first kappa shape index (κ1) is 15.9. The summed E-state index contributed by atoms with van der Waals surface area (Å²) < 4.78 is 0. The Labute approximate surface area is 89.7 Å². The molecule has 0 spiro atoms. The van der Waals surface area contributed by atoms with Crippen LogP contribution in [0, 0.1) is 0 Å². The topological polar surface area (TPSA) is 20.3 Å². The number of amides is 1. The van der Waals surface area contributed by atoms with Crippen molar-refractivity contribution in [1.29, 1.82) is 0 Å². The first-order chi connectivity index (χ1) is 6.84. The lowest BCUT2D eigenvalue weighted by atomic mass is 10.2. The van der Waals surface area contributed by atoms with Crippen LogP contribution in [0.1, 0.15) is 60.3 Å². The summed E-state index contributed by atoms with van der Waals surface area (Å²) in [5, 5.41) is 0. The maximum atomic E-state index is 11.2. The first-order valence-electron chi connectivity index (χ1n) is 6.12. The molecule has 1 rings (SSSR count). The predicted octanol–water partition coefficient (Wildman–Crippen LogP) is 3.46. The summed E-state index contributed by atoms with van der Waals surface area (Å²) in [4.78, 5) is 13.1. The molecule has 2 nitrogen and oxygen atoms in total. The summed E-state index contributed by atoms with van der Waals surface area (Å²) >= 11 is 0. The minimum atomic E-state index is 0.347. The molecular weight excluding hydrogens is 174 g/mol. The normalized spacial score (nSPS) is 15.8. The zero-order valence-corrected chi connectivity index (χ0v) is 10.6. The molecule has 0 unspecified atom stereocenters. The van der Waals surface area contributed by atoms with E-state index in [1.54, 1.807) is 0 Å². The van der Waals surface area contributed by atoms with Gasteiger partial charge in [-0.3, -0.25) is 4.79 Å². The van der Waals surface area contributed by atoms with Gasteiger partial charge in [0.2, 0.25) is 5.91 Å². The summed E-state index contributed by atoms with van der Waals surface area (Å²) in [6.07, 6.45) is 4.28. The van der Waals surface area contributed by atoms with Crippen LogP contribution in [-0.4, -0.2) is 23.9 Å². The molecule has 0 atom stereocenters. The molecule has 0 aromatic carbocycles. The van der Waals surface area contributed by atoms with E-state index in [2.05, 4.69) is 0 Å². The minimum Gasteiger partial charge on any atom is -0.343 e. The second-order valence-corrected chi connectivity index (χ2v) is 2.78. The second-order valence-electron chi connectivity index (χ2n) is 2.78. The number of likely N-dealkylation sites (tertiary alicyclic amines) is 1. The Morgan fingerprint density at radius 3 is 2.14 bits per heavy atom. The molecule has 0 bridgehead atoms. The van der Waals surface area contributed by atoms with Crippen molar-refractivity contribution in [2.24, 2.45) is 0 Å². The van der Waals surface area contributed by atoms with Crippen LogP contribution in [0.4, 0.5) is 0 Å². The van der Waals surface area contributed by atoms with Crippen LogP contribution in [0.5, 0.6) is 0 Å². The van der Waals surface area contributed by atoms with Crippen molar-refractivity contribution in [3.05, 3.63) is 0 Å². The van der Waals surface area contributed by atoms with Crippen molar-refractivity contribution in [2.75, 3.05) is 13.1 Å². The van der Waals surface area contributed by atoms with E-state index in [0.717, 1.165) is 25.9 Å². The Kier molecular flexibility index (Phi) is 14.2. The fourth-order valence-corrected chi connectivity index (χ4v) is 1.37. The maximum Gasteiger partial charge on any atom is 0.222 e. The van der Waals surface area contributed by atoms with Crippen molar-refractivity contribution in [3.8, 4) is 0 Å². The molecule has 1 heterocycles. The third-order valence-electron chi connectivity index (χ3n) is 2.05. The molecule has 1 aliphatic rings. The van der Waals surface area contributed by atoms with Crippen molar-refractivity contribution in [2.45, 2.75) is 60.3 Å². The fraction of sp³-hybridized carbons (Fsp3) is 0.917. The van der Waals surface area contributed by atoms with Gasteiger partial charge < -0.3 is 4.90 Å². The van der Waals surface area contributed by atoms with Gasteiger partial charge in [-0.05, 0) is 19.8 Å². The minimum absolute atomic E-state index is 0.347. The summed E-state index contributed by atoms with van der Waals surface area (Å²) in [7, 11) is 0. The molecule has 0 saturated carbocycles. The Bertz CT molecular complexity index is 123. The van der Waals surface area contributed by atoms with Crippen molar-refractivity contribution >= 4 is 5.91 Å². The molecule has 0 aromatic rings. The van der Waals surface area contributed by atoms with E-state index >= 15 is 0 Å². The third-order valence-corrected chi connectivity index (χ3v) is 2.05. The number of nitrogens with zero attached hydrogens (tertiary/aromatic N) is 1. The lowest BCUT2D eigenvalue weighted by molar-refractivity contribution is -0.130. The Morgan fingerprint density at radius 2 is 1.64 bits per heavy atom. The van der Waals surface area contributed by atoms with E-state index in [1.807, 2.05) is 39.5 Å². The van der Waals surface area contributed by atoms with Crippen LogP contribution in [0.2, 0.25) is 0 Å². The number of carbonyl (C=O) groups excluding carboxylic acids is 1. The van der Waals surface area contributed by atoms with E-state index < -0.39 is 0 Å². The van der Waals surface area contributed by atoms with Gasteiger partial charge in [0.1, 0.15) is 0 Å². The Hall–Kier alpha value is -0.530. The van der Waals surface area contributed by atoms with Gasteiger partial charge >= 0.3 is 0 Å². The molecule has 1 fully saturated rings. The van der Waals surface area contributed by atoms with Crippen LogP contribution in [0.25, 0.3) is 0 Å². The van der Waals surface area contributed by atoms with Gasteiger partial charge in [0, 0.05) is 19.5 Å². The average molecular weight is 201 g/mol. The smallest absolute Gasteiger partial charge is 0.222 e. The molecule has 0 N–H and O–H groups in total. The Balaban J connectivity index is 0. The SMILES string of the molecule is CC.CC.CCN1CCCCCC1=O. The molecule has 2 heteroatoms. The molecule has 0 radical (unpaired) electrons. The standard InChI is InChI=1S/C8H15NO.2C2H6/c1-2-9-7-5-3-4-6-8(9)10;2*1-2/h2-7H2,1H3;2*1-2H3. The van der Waals surface area contributed by atoms with Gasteiger partial charge in [-0.1, -0.05) is 34.1 Å². The second kappa shape index (κ2) is 12.5. The van der Waals surface area contributed by atoms with Gasteiger partial charge in [0.15, 0.2) is 0 Å². The number of hydrogen-bond donors (Lipinski definition) is 0. The van der Waals surface area contributed by atoms with Crippen molar-refractivity contribution < 1.29 is 4.79 Å². The van der Waals surface area contributed by atoms with Gasteiger partial charge in [0.05, 0.1) is 0 Å². The van der Waals surface area contributed by atoms with E-state index in [1.165, 1.54) is 12.8 Å². The molecule has 86 valence electrons. The molecule has 1 aliphatic heterocycles. The highest BCUT2D eigenvalue weighted by atomic mass is 16.2. The summed E-state index contributed by atoms with van der Waals surface area (Å²) in [6.45, 7) is 11.9. The van der Waals surface area contributed by atoms with Crippen LogP contribution in [-0.2, 0) is 4.79 Å². The van der Waals surface area contributed by atoms with E-state index in [4.69, 9.17) is 0 Å². The lowest BCUT2D eigenvalue weighted by Gasteiger charge is -2.17. The van der Waals surface area contributed by atoms with Crippen molar-refractivity contribution in [1.82, 2.24) is 4.90 Å². The third kappa shape index (κ3) is 6.93. The van der Waals surface area contributed by atoms with Gasteiger partial charge in [-0.2, -0.15) is 0 Å². The number of rotatable bonds is 1. The van der Waals surface area contributed by atoms with Crippen LogP contribution < -0.4 is 0 Å². The largest absolute Gasteiger partial charge is 0.343 e. The highest BCUT2D eigenvalue weighted by molar-refractivity contribution is 5.76. The van der Waals surface area contributed by atoms with E-state index in [0.29, 0.717) is 5.91 Å². The van der Waals surface area contributed by atoms with Gasteiger partial charge in [-0.15, -0.1) is 0 Å². The Morgan fingerprint density at radius 1 is 1.07 bits per heavy atom. The molecular formula is C12H27NO. The van der Waals surface area contributed by atoms with E-state index in [-0.39, 0.29) is 0 Å². The predicted molar refractivity (Wildman–Crippen MR) is 63.4 cm³/mol. The van der Waals surface area contributed by atoms with Gasteiger partial charge in [0.25, 0.3) is 0 Å². The average Bonchev–Trinajstić information content (AvgIpc) is 2.48. The summed E-state index contributed by atoms with van der Waals surface area (Å²) in [5.74, 6) is 0.347. The monoisotopic (exact) mass is 201 g/mol. The zero-order chi connectivity index (χ0) is 11.4. The molecule has 14 heavy (non-hydrogen) atoms. The molecule has 1 amide bonds. The van der Waals surface area contributed by atoms with Crippen molar-refractivity contribution in [3.63, 3.8) is 0 Å². The first-order valence-corrected chi connectivity index (χ1v) is 6.12. The highest BCUT2D eigenvalue weighted by Gasteiger charge is 2.13. The fourth-order valence-electron chi connectivity index (χ4n) is 1.37. The lowest BCUT2D eigenvalue weighted by Crippen LogP contribution is -2.29. The van der Waals surface area contributed by atoms with Crippen LogP contribution >= 0.6 is 0 Å².